The molecule has 1 aromatic heterocycles. The second kappa shape index (κ2) is 7.67. The summed E-state index contributed by atoms with van der Waals surface area (Å²) >= 11 is 0. The van der Waals surface area contributed by atoms with E-state index in [4.69, 9.17) is 0 Å². The van der Waals surface area contributed by atoms with Crippen molar-refractivity contribution in [3.8, 4) is 0 Å². The number of nitrogens with one attached hydrogen (secondary N) is 2. The first kappa shape index (κ1) is 19.5. The molecule has 2 amide bonds. The Morgan fingerprint density at radius 1 is 1.10 bits per heavy atom. The maximum atomic E-state index is 13.0. The van der Waals surface area contributed by atoms with Gasteiger partial charge in [-0.1, -0.05) is 12.1 Å². The number of rotatable bonds is 4. The van der Waals surface area contributed by atoms with Crippen molar-refractivity contribution in [1.82, 2.24) is 24.7 Å². The lowest BCUT2D eigenvalue weighted by Gasteiger charge is -2.44. The van der Waals surface area contributed by atoms with Gasteiger partial charge in [-0.2, -0.15) is 0 Å². The molecule has 3 aliphatic rings. The molecule has 0 bridgehead atoms. The normalized spacial score (nSPS) is 27.8. The van der Waals surface area contributed by atoms with Gasteiger partial charge in [0.05, 0.1) is 11.0 Å². The summed E-state index contributed by atoms with van der Waals surface area (Å²) in [7, 11) is 1.78. The molecular weight excluding hydrogens is 382 g/mol. The van der Waals surface area contributed by atoms with Crippen LogP contribution >= 0.6 is 0 Å². The minimum atomic E-state index is -0.630. The Morgan fingerprint density at radius 3 is 2.60 bits per heavy atom. The highest BCUT2D eigenvalue weighted by molar-refractivity contribution is 6.00. The van der Waals surface area contributed by atoms with E-state index in [1.807, 2.05) is 12.1 Å². The van der Waals surface area contributed by atoms with Crippen molar-refractivity contribution in [2.24, 2.45) is 13.0 Å². The number of amides is 2. The van der Waals surface area contributed by atoms with Crippen LogP contribution in [0.4, 0.5) is 0 Å². The third-order valence-corrected chi connectivity index (χ3v) is 7.10. The summed E-state index contributed by atoms with van der Waals surface area (Å²) in [6.07, 6.45) is 3.99. The first-order valence-corrected chi connectivity index (χ1v) is 11.0. The molecule has 30 heavy (non-hydrogen) atoms. The number of aromatic nitrogens is 2. The number of aryl methyl sites for hydroxylation is 1. The molecule has 1 aromatic carbocycles. The SMILES string of the molecule is Cn1c(=O)n(C2CCC(=O)NC2=O)c2cccc(CC3CC(N4CCNCC4)C3)c21. The average Bonchev–Trinajstić information content (AvgIpc) is 2.97. The number of hydrogen-bond acceptors (Lipinski definition) is 5. The number of fused-ring (bicyclic) bond motifs is 1. The zero-order valence-corrected chi connectivity index (χ0v) is 17.4. The summed E-state index contributed by atoms with van der Waals surface area (Å²) in [6, 6.07) is 6.05. The van der Waals surface area contributed by atoms with Gasteiger partial charge in [-0.15, -0.1) is 0 Å². The molecule has 8 heteroatoms. The van der Waals surface area contributed by atoms with E-state index in [2.05, 4.69) is 21.6 Å². The molecule has 5 rings (SSSR count). The number of benzene rings is 1. The fourth-order valence-corrected chi connectivity index (χ4v) is 5.44. The van der Waals surface area contributed by atoms with Crippen LogP contribution in [0, 0.1) is 5.92 Å². The molecule has 3 heterocycles. The Labute approximate surface area is 175 Å². The third kappa shape index (κ3) is 3.28. The molecule has 0 radical (unpaired) electrons. The summed E-state index contributed by atoms with van der Waals surface area (Å²) in [6.45, 7) is 4.43. The number of piperidine rings is 1. The van der Waals surface area contributed by atoms with Gasteiger partial charge in [0.1, 0.15) is 6.04 Å². The summed E-state index contributed by atoms with van der Waals surface area (Å²) in [5, 5.41) is 5.79. The minimum Gasteiger partial charge on any atom is -0.314 e. The van der Waals surface area contributed by atoms with Gasteiger partial charge in [-0.05, 0) is 43.2 Å². The molecule has 1 unspecified atom stereocenters. The van der Waals surface area contributed by atoms with Gasteiger partial charge in [0, 0.05) is 45.7 Å². The van der Waals surface area contributed by atoms with Crippen LogP contribution in [0.3, 0.4) is 0 Å². The quantitative estimate of drug-likeness (QED) is 0.717. The second-order valence-corrected chi connectivity index (χ2v) is 8.94. The first-order valence-electron chi connectivity index (χ1n) is 11.0. The summed E-state index contributed by atoms with van der Waals surface area (Å²) in [5.41, 5.74) is 2.67. The zero-order valence-electron chi connectivity index (χ0n) is 17.4. The van der Waals surface area contributed by atoms with Crippen LogP contribution in [-0.2, 0) is 23.1 Å². The average molecular weight is 412 g/mol. The summed E-state index contributed by atoms with van der Waals surface area (Å²) in [4.78, 5) is 39.6. The lowest BCUT2D eigenvalue weighted by Crippen LogP contribution is -2.53. The molecular formula is C22H29N5O3. The lowest BCUT2D eigenvalue weighted by atomic mass is 9.75. The smallest absolute Gasteiger partial charge is 0.314 e. The van der Waals surface area contributed by atoms with E-state index < -0.39 is 6.04 Å². The Bertz CT molecular complexity index is 1040. The van der Waals surface area contributed by atoms with Crippen LogP contribution in [0.25, 0.3) is 11.0 Å². The highest BCUT2D eigenvalue weighted by Gasteiger charge is 2.35. The van der Waals surface area contributed by atoms with Crippen LogP contribution in [0.15, 0.2) is 23.0 Å². The van der Waals surface area contributed by atoms with Crippen LogP contribution in [0.1, 0.15) is 37.3 Å². The topological polar surface area (TPSA) is 88.4 Å². The Kier molecular flexibility index (Phi) is 4.99. The van der Waals surface area contributed by atoms with Gasteiger partial charge in [0.2, 0.25) is 11.8 Å². The van der Waals surface area contributed by atoms with E-state index in [-0.39, 0.29) is 23.9 Å². The fraction of sp³-hybridized carbons (Fsp3) is 0.591. The van der Waals surface area contributed by atoms with Gasteiger partial charge >= 0.3 is 5.69 Å². The van der Waals surface area contributed by atoms with Crippen LogP contribution in [0.5, 0.6) is 0 Å². The van der Waals surface area contributed by atoms with E-state index in [1.54, 1.807) is 16.2 Å². The molecule has 160 valence electrons. The van der Waals surface area contributed by atoms with Crippen molar-refractivity contribution in [3.05, 3.63) is 34.2 Å². The largest absolute Gasteiger partial charge is 0.329 e. The van der Waals surface area contributed by atoms with Crippen molar-refractivity contribution in [3.63, 3.8) is 0 Å². The van der Waals surface area contributed by atoms with E-state index in [9.17, 15) is 14.4 Å². The molecule has 0 spiro atoms. The molecule has 3 fully saturated rings. The van der Waals surface area contributed by atoms with Crippen molar-refractivity contribution in [2.75, 3.05) is 26.2 Å². The molecule has 2 saturated heterocycles. The molecule has 8 nitrogen and oxygen atoms in total. The molecule has 2 aromatic rings. The maximum Gasteiger partial charge on any atom is 0.329 e. The third-order valence-electron chi connectivity index (χ3n) is 7.10. The highest BCUT2D eigenvalue weighted by Crippen LogP contribution is 2.36. The minimum absolute atomic E-state index is 0.195. The number of carbonyl (C=O) groups excluding carboxylic acids is 2. The number of para-hydroxylation sites is 1. The summed E-state index contributed by atoms with van der Waals surface area (Å²) in [5.74, 6) is -0.0251. The standard InChI is InChI=1S/C22H29N5O3/c1-25-20-15(11-14-12-16(13-14)26-9-7-23-8-10-26)3-2-4-17(20)27(22(25)30)18-5-6-19(28)24-21(18)29/h2-4,14,16,18,23H,5-13H2,1H3,(H,24,28,29). The predicted octanol–water partition coefficient (Wildman–Crippen LogP) is 0.544. The Balaban J connectivity index is 1.39. The van der Waals surface area contributed by atoms with Crippen molar-refractivity contribution < 1.29 is 9.59 Å². The molecule has 1 atom stereocenters. The first-order chi connectivity index (χ1) is 14.5. The molecule has 2 aliphatic heterocycles. The number of nitrogens with zero attached hydrogens (tertiary/aromatic N) is 3. The predicted molar refractivity (Wildman–Crippen MR) is 113 cm³/mol. The van der Waals surface area contributed by atoms with E-state index in [0.717, 1.165) is 43.6 Å². The van der Waals surface area contributed by atoms with E-state index in [0.29, 0.717) is 18.4 Å². The van der Waals surface area contributed by atoms with Crippen LogP contribution in [-0.4, -0.2) is 58.1 Å². The van der Waals surface area contributed by atoms with Crippen molar-refractivity contribution in [2.45, 2.75) is 44.2 Å². The number of hydrogen-bond donors (Lipinski definition) is 2. The van der Waals surface area contributed by atoms with Gasteiger partial charge in [0.15, 0.2) is 0 Å². The fourth-order valence-electron chi connectivity index (χ4n) is 5.44. The lowest BCUT2D eigenvalue weighted by molar-refractivity contribution is -0.135. The molecule has 1 aliphatic carbocycles. The molecule has 1 saturated carbocycles. The monoisotopic (exact) mass is 411 g/mol. The van der Waals surface area contributed by atoms with Crippen LogP contribution < -0.4 is 16.3 Å². The number of imide groups is 1. The van der Waals surface area contributed by atoms with Gasteiger partial charge < -0.3 is 5.32 Å². The van der Waals surface area contributed by atoms with Crippen molar-refractivity contribution in [1.29, 1.82) is 0 Å². The van der Waals surface area contributed by atoms with Gasteiger partial charge in [-0.3, -0.25) is 28.9 Å². The van der Waals surface area contributed by atoms with Gasteiger partial charge in [-0.25, -0.2) is 4.79 Å². The zero-order chi connectivity index (χ0) is 20.8. The number of piperazine rings is 1. The number of imidazole rings is 1. The number of carbonyl (C=O) groups is 2. The highest BCUT2D eigenvalue weighted by atomic mass is 16.2. The molecule has 2 N–H and O–H groups in total. The maximum absolute atomic E-state index is 13.0. The van der Waals surface area contributed by atoms with E-state index in [1.165, 1.54) is 18.4 Å². The Morgan fingerprint density at radius 2 is 1.87 bits per heavy atom. The van der Waals surface area contributed by atoms with Crippen molar-refractivity contribution >= 4 is 22.8 Å². The van der Waals surface area contributed by atoms with Gasteiger partial charge in [0.25, 0.3) is 0 Å². The summed E-state index contributed by atoms with van der Waals surface area (Å²) < 4.78 is 3.24. The second-order valence-electron chi connectivity index (χ2n) is 8.94. The van der Waals surface area contributed by atoms with Crippen LogP contribution in [0.2, 0.25) is 0 Å². The van der Waals surface area contributed by atoms with E-state index >= 15 is 0 Å². The Hall–Kier alpha value is -2.45.